The van der Waals surface area contributed by atoms with Crippen LogP contribution in [0.15, 0.2) is 29.7 Å². The SMILES string of the molecule is CCn1c(SCC(=O)N[C@]2(C)CCS(=O)(=O)C2)nnc1-c1ccncc1. The number of pyridine rings is 1. The van der Waals surface area contributed by atoms with Crippen molar-refractivity contribution in [1.82, 2.24) is 25.1 Å². The van der Waals surface area contributed by atoms with Crippen LogP contribution >= 0.6 is 11.8 Å². The van der Waals surface area contributed by atoms with Crippen molar-refractivity contribution in [3.63, 3.8) is 0 Å². The highest BCUT2D eigenvalue weighted by Crippen LogP contribution is 2.25. The van der Waals surface area contributed by atoms with Crippen LogP contribution in [0, 0.1) is 0 Å². The van der Waals surface area contributed by atoms with Crippen LogP contribution < -0.4 is 5.32 Å². The summed E-state index contributed by atoms with van der Waals surface area (Å²) in [6, 6.07) is 3.72. The predicted molar refractivity (Wildman–Crippen MR) is 99.5 cm³/mol. The maximum absolute atomic E-state index is 12.3. The molecule has 1 aliphatic rings. The second kappa shape index (κ2) is 7.36. The largest absolute Gasteiger partial charge is 0.349 e. The normalized spacial score (nSPS) is 21.6. The van der Waals surface area contributed by atoms with Gasteiger partial charge in [0.25, 0.3) is 0 Å². The van der Waals surface area contributed by atoms with Crippen LogP contribution in [0.4, 0.5) is 0 Å². The third-order valence-electron chi connectivity index (χ3n) is 4.25. The second-order valence-corrected chi connectivity index (χ2v) is 9.65. The minimum absolute atomic E-state index is 0.00621. The quantitative estimate of drug-likeness (QED) is 0.731. The molecule has 3 heterocycles. The molecule has 0 aliphatic carbocycles. The van der Waals surface area contributed by atoms with Gasteiger partial charge in [0.05, 0.1) is 22.8 Å². The van der Waals surface area contributed by atoms with Crippen molar-refractivity contribution in [2.45, 2.75) is 37.5 Å². The third-order valence-corrected chi connectivity index (χ3v) is 7.12. The third kappa shape index (κ3) is 4.24. The van der Waals surface area contributed by atoms with E-state index in [1.807, 2.05) is 23.6 Å². The number of carbonyl (C=O) groups excluding carboxylic acids is 1. The fourth-order valence-corrected chi connectivity index (χ4v) is 5.90. The first kappa shape index (κ1) is 18.8. The zero-order valence-corrected chi connectivity index (χ0v) is 16.3. The molecule has 1 saturated heterocycles. The van der Waals surface area contributed by atoms with E-state index in [0.717, 1.165) is 11.4 Å². The van der Waals surface area contributed by atoms with Gasteiger partial charge in [0.2, 0.25) is 5.91 Å². The first-order valence-corrected chi connectivity index (χ1v) is 11.1. The standard InChI is InChI=1S/C16H21N5O3S2/c1-3-21-14(12-4-7-17-8-5-12)19-20-15(21)25-10-13(22)18-16(2)6-9-26(23,24)11-16/h4-5,7-8H,3,6,9-11H2,1-2H3,(H,18,22)/t16-/m1/s1. The van der Waals surface area contributed by atoms with Crippen LogP contribution in [-0.2, 0) is 21.2 Å². The second-order valence-electron chi connectivity index (χ2n) is 6.53. The molecule has 0 radical (unpaired) electrons. The highest BCUT2D eigenvalue weighted by atomic mass is 32.2. The molecule has 1 fully saturated rings. The fraction of sp³-hybridized carbons (Fsp3) is 0.500. The molecule has 1 amide bonds. The Hall–Kier alpha value is -1.94. The molecule has 3 rings (SSSR count). The number of aromatic nitrogens is 4. The Balaban J connectivity index is 1.65. The van der Waals surface area contributed by atoms with Gasteiger partial charge in [-0.25, -0.2) is 8.42 Å². The van der Waals surface area contributed by atoms with Gasteiger partial charge in [-0.2, -0.15) is 0 Å². The van der Waals surface area contributed by atoms with Crippen molar-refractivity contribution in [2.75, 3.05) is 17.3 Å². The molecule has 2 aromatic rings. The Morgan fingerprint density at radius 3 is 2.69 bits per heavy atom. The monoisotopic (exact) mass is 395 g/mol. The van der Waals surface area contributed by atoms with Gasteiger partial charge in [-0.15, -0.1) is 10.2 Å². The predicted octanol–water partition coefficient (Wildman–Crippen LogP) is 1.15. The minimum Gasteiger partial charge on any atom is -0.349 e. The summed E-state index contributed by atoms with van der Waals surface area (Å²) in [5, 5.41) is 11.9. The number of hydrogen-bond donors (Lipinski definition) is 1. The van der Waals surface area contributed by atoms with Crippen LogP contribution in [0.25, 0.3) is 11.4 Å². The van der Waals surface area contributed by atoms with Crippen molar-refractivity contribution >= 4 is 27.5 Å². The van der Waals surface area contributed by atoms with Crippen molar-refractivity contribution in [3.8, 4) is 11.4 Å². The molecule has 1 N–H and O–H groups in total. The lowest BCUT2D eigenvalue weighted by molar-refractivity contribution is -0.120. The molecule has 26 heavy (non-hydrogen) atoms. The summed E-state index contributed by atoms with van der Waals surface area (Å²) in [7, 11) is -3.06. The minimum atomic E-state index is -3.06. The smallest absolute Gasteiger partial charge is 0.230 e. The number of sulfone groups is 1. The van der Waals surface area contributed by atoms with Crippen LogP contribution in [-0.4, -0.2) is 56.9 Å². The molecule has 0 unspecified atom stereocenters. The van der Waals surface area contributed by atoms with Gasteiger partial charge >= 0.3 is 0 Å². The molecule has 1 aliphatic heterocycles. The maximum atomic E-state index is 12.3. The summed E-state index contributed by atoms with van der Waals surface area (Å²) >= 11 is 1.29. The van der Waals surface area contributed by atoms with Crippen molar-refractivity contribution in [2.24, 2.45) is 0 Å². The van der Waals surface area contributed by atoms with E-state index in [-0.39, 0.29) is 23.2 Å². The van der Waals surface area contributed by atoms with Gasteiger partial charge in [0, 0.05) is 24.5 Å². The highest BCUT2D eigenvalue weighted by molar-refractivity contribution is 7.99. The zero-order valence-electron chi connectivity index (χ0n) is 14.7. The van der Waals surface area contributed by atoms with Crippen molar-refractivity contribution in [3.05, 3.63) is 24.5 Å². The van der Waals surface area contributed by atoms with Crippen LogP contribution in [0.1, 0.15) is 20.3 Å². The first-order chi connectivity index (χ1) is 12.3. The van der Waals surface area contributed by atoms with Gasteiger partial charge in [0.15, 0.2) is 20.8 Å². The number of carbonyl (C=O) groups is 1. The lowest BCUT2D eigenvalue weighted by Gasteiger charge is -2.23. The average Bonchev–Trinajstić information content (AvgIpc) is 3.13. The molecule has 10 heteroatoms. The fourth-order valence-electron chi connectivity index (χ4n) is 3.01. The van der Waals surface area contributed by atoms with E-state index in [4.69, 9.17) is 0 Å². The van der Waals surface area contributed by atoms with Crippen LogP contribution in [0.2, 0.25) is 0 Å². The topological polar surface area (TPSA) is 107 Å². The van der Waals surface area contributed by atoms with E-state index >= 15 is 0 Å². The van der Waals surface area contributed by atoms with E-state index < -0.39 is 15.4 Å². The van der Waals surface area contributed by atoms with Crippen molar-refractivity contribution < 1.29 is 13.2 Å². The molecule has 140 valence electrons. The molecule has 2 aromatic heterocycles. The molecule has 8 nitrogen and oxygen atoms in total. The first-order valence-electron chi connectivity index (χ1n) is 8.30. The number of hydrogen-bond acceptors (Lipinski definition) is 7. The number of rotatable bonds is 6. The number of amides is 1. The Bertz CT molecular complexity index is 898. The van der Waals surface area contributed by atoms with E-state index in [1.54, 1.807) is 19.3 Å². The molecule has 0 aromatic carbocycles. The van der Waals surface area contributed by atoms with E-state index in [2.05, 4.69) is 20.5 Å². The Kier molecular flexibility index (Phi) is 5.33. The summed E-state index contributed by atoms with van der Waals surface area (Å²) in [6.45, 7) is 4.43. The molecule has 1 atom stereocenters. The number of thioether (sulfide) groups is 1. The van der Waals surface area contributed by atoms with Gasteiger partial charge in [-0.1, -0.05) is 11.8 Å². The summed E-state index contributed by atoms with van der Waals surface area (Å²) in [4.78, 5) is 16.3. The molecular formula is C16H21N5O3S2. The Morgan fingerprint density at radius 1 is 1.35 bits per heavy atom. The number of nitrogens with one attached hydrogen (secondary N) is 1. The van der Waals surface area contributed by atoms with Crippen LogP contribution in [0.5, 0.6) is 0 Å². The zero-order chi connectivity index (χ0) is 18.8. The van der Waals surface area contributed by atoms with Gasteiger partial charge in [-0.3, -0.25) is 9.78 Å². The molecule has 0 saturated carbocycles. The summed E-state index contributed by atoms with van der Waals surface area (Å²) in [5.74, 6) is 0.797. The van der Waals surface area contributed by atoms with E-state index in [0.29, 0.717) is 18.1 Å². The summed E-state index contributed by atoms with van der Waals surface area (Å²) in [5.41, 5.74) is 0.228. The lowest BCUT2D eigenvalue weighted by atomic mass is 10.0. The van der Waals surface area contributed by atoms with Crippen molar-refractivity contribution in [1.29, 1.82) is 0 Å². The summed E-state index contributed by atoms with van der Waals surface area (Å²) in [6.07, 6.45) is 3.84. The Morgan fingerprint density at radius 2 is 2.08 bits per heavy atom. The lowest BCUT2D eigenvalue weighted by Crippen LogP contribution is -2.47. The van der Waals surface area contributed by atoms with Gasteiger partial charge in [0.1, 0.15) is 0 Å². The van der Waals surface area contributed by atoms with Gasteiger partial charge < -0.3 is 9.88 Å². The molecular weight excluding hydrogens is 374 g/mol. The van der Waals surface area contributed by atoms with Gasteiger partial charge in [-0.05, 0) is 32.4 Å². The molecule has 0 spiro atoms. The maximum Gasteiger partial charge on any atom is 0.230 e. The Labute approximate surface area is 156 Å². The van der Waals surface area contributed by atoms with E-state index in [1.165, 1.54) is 11.8 Å². The van der Waals surface area contributed by atoms with E-state index in [9.17, 15) is 13.2 Å². The molecule has 0 bridgehead atoms. The van der Waals surface area contributed by atoms with Crippen LogP contribution in [0.3, 0.4) is 0 Å². The summed E-state index contributed by atoms with van der Waals surface area (Å²) < 4.78 is 25.2. The highest BCUT2D eigenvalue weighted by Gasteiger charge is 2.39. The average molecular weight is 396 g/mol. The number of nitrogens with zero attached hydrogens (tertiary/aromatic N) is 4.